The molecule has 336 valence electrons. The summed E-state index contributed by atoms with van der Waals surface area (Å²) < 4.78 is 0. The van der Waals surface area contributed by atoms with Crippen LogP contribution in [0.3, 0.4) is 0 Å². The zero-order chi connectivity index (χ0) is 46.6. The van der Waals surface area contributed by atoms with E-state index in [1.54, 1.807) is 13.8 Å². The lowest BCUT2D eigenvalue weighted by molar-refractivity contribution is -0.138. The van der Waals surface area contributed by atoms with Gasteiger partial charge in [0.05, 0.1) is 22.3 Å². The maximum Gasteiger partial charge on any atom is 0.261 e. The van der Waals surface area contributed by atoms with E-state index in [0.717, 1.165) is 22.9 Å². The van der Waals surface area contributed by atoms with E-state index in [-0.39, 0.29) is 70.1 Å². The number of imide groups is 4. The van der Waals surface area contributed by atoms with Gasteiger partial charge in [-0.2, -0.15) is 0 Å². The number of carbonyl (C=O) groups excluding carboxylic acids is 9. The number of ketones is 1. The Kier molecular flexibility index (Phi) is 13.9. The van der Waals surface area contributed by atoms with Crippen LogP contribution in [0.25, 0.3) is 0 Å². The fourth-order valence-corrected chi connectivity index (χ4v) is 13.6. The number of rotatable bonds is 20. The molecule has 4 aromatic carbocycles. The van der Waals surface area contributed by atoms with E-state index in [4.69, 9.17) is 0 Å². The van der Waals surface area contributed by atoms with E-state index in [1.165, 1.54) is 68.1 Å². The van der Waals surface area contributed by atoms with Gasteiger partial charge in [-0.1, -0.05) is 88.6 Å². The van der Waals surface area contributed by atoms with Crippen LogP contribution in [-0.2, 0) is 19.2 Å². The van der Waals surface area contributed by atoms with Crippen molar-refractivity contribution in [3.05, 3.63) is 154 Å². The van der Waals surface area contributed by atoms with Gasteiger partial charge >= 0.3 is 0 Å². The number of hydrogen-bond donors (Lipinski definition) is 0. The van der Waals surface area contributed by atoms with Crippen LogP contribution in [0.5, 0.6) is 0 Å². The molecule has 0 bridgehead atoms. The van der Waals surface area contributed by atoms with Crippen molar-refractivity contribution in [2.75, 3.05) is 50.8 Å². The SMILES string of the molecule is CC1=CC(=O)N(CCCP(CCCN2C(=O)c3ccc(C(=O)c4ccc5c(c4)C(=O)N(CCCP(CCCN4C(=O)C=C(C)C4=O)c4ccccc4)C5=O)cc3C2=O)c2ccccc2)C1=O. The van der Waals surface area contributed by atoms with Gasteiger partial charge in [-0.15, -0.1) is 0 Å². The monoisotopic (exact) mass is 922 g/mol. The molecule has 15 heteroatoms. The van der Waals surface area contributed by atoms with E-state index in [0.29, 0.717) is 62.2 Å². The largest absolute Gasteiger partial charge is 0.289 e. The average molecular weight is 923 g/mol. The first-order valence-electron chi connectivity index (χ1n) is 22.1. The first-order chi connectivity index (χ1) is 31.8. The number of carbonyl (C=O) groups is 9. The predicted octanol–water partition coefficient (Wildman–Crippen LogP) is 5.92. The minimum absolute atomic E-state index is 0.124. The standard InChI is InChI=1S/C51H48N4O9P2/c1-33-29-43(56)52(46(33)59)21-9-25-65(37-13-5-3-6-14-37)27-11-23-54-48(61)39-19-17-35(31-41(39)50(54)63)45(58)36-18-20-40-42(32-36)51(64)55(49(40)62)24-12-28-66(38-15-7-4-8-16-38)26-10-22-53-44(57)30-34(2)47(53)60/h3-8,13-20,29-32H,9-12,21-28H2,1-2H3. The maximum absolute atomic E-state index is 13.9. The van der Waals surface area contributed by atoms with Crippen molar-refractivity contribution in [1.29, 1.82) is 0 Å². The summed E-state index contributed by atoms with van der Waals surface area (Å²) >= 11 is 0. The smallest absolute Gasteiger partial charge is 0.261 e. The molecule has 0 saturated carbocycles. The minimum Gasteiger partial charge on any atom is -0.289 e. The molecule has 4 aliphatic rings. The third-order valence-electron chi connectivity index (χ3n) is 12.3. The molecule has 8 rings (SSSR count). The molecular formula is C51H48N4O9P2. The first kappa shape index (κ1) is 46.0. The molecule has 0 aromatic heterocycles. The van der Waals surface area contributed by atoms with E-state index < -0.39 is 45.3 Å². The van der Waals surface area contributed by atoms with E-state index in [9.17, 15) is 43.2 Å². The van der Waals surface area contributed by atoms with Crippen LogP contribution in [0.15, 0.2) is 120 Å². The van der Waals surface area contributed by atoms with Crippen LogP contribution in [0.2, 0.25) is 0 Å². The molecule has 13 nitrogen and oxygen atoms in total. The number of amides is 8. The Bertz CT molecular complexity index is 2570. The summed E-state index contributed by atoms with van der Waals surface area (Å²) in [5.41, 5.74) is 1.85. The Balaban J connectivity index is 0.867. The van der Waals surface area contributed by atoms with Crippen LogP contribution < -0.4 is 10.6 Å². The lowest BCUT2D eigenvalue weighted by Crippen LogP contribution is -2.32. The number of fused-ring (bicyclic) bond motifs is 2. The highest BCUT2D eigenvalue weighted by atomic mass is 31.1. The van der Waals surface area contributed by atoms with Gasteiger partial charge in [-0.05, 0) is 99.1 Å². The molecule has 0 aliphatic carbocycles. The van der Waals surface area contributed by atoms with Gasteiger partial charge in [0.1, 0.15) is 0 Å². The van der Waals surface area contributed by atoms with Gasteiger partial charge in [0, 0.05) is 60.6 Å². The molecule has 0 N–H and O–H groups in total. The second-order valence-corrected chi connectivity index (χ2v) is 21.7. The zero-order valence-corrected chi connectivity index (χ0v) is 38.5. The fraction of sp³-hybridized carbons (Fsp3) is 0.275. The van der Waals surface area contributed by atoms with Gasteiger partial charge in [0.15, 0.2) is 5.78 Å². The average Bonchev–Trinajstić information content (AvgIpc) is 3.91. The quantitative estimate of drug-likeness (QED) is 0.0595. The zero-order valence-electron chi connectivity index (χ0n) is 36.7. The summed E-state index contributed by atoms with van der Waals surface area (Å²) in [6.45, 7) is 4.27. The molecule has 2 atom stereocenters. The minimum atomic E-state index is -0.724. The Hall–Kier alpha value is -6.55. The van der Waals surface area contributed by atoms with E-state index >= 15 is 0 Å². The van der Waals surface area contributed by atoms with Crippen molar-refractivity contribution in [2.45, 2.75) is 39.5 Å². The molecule has 4 aliphatic heterocycles. The van der Waals surface area contributed by atoms with Gasteiger partial charge in [-0.25, -0.2) is 0 Å². The van der Waals surface area contributed by atoms with Crippen LogP contribution in [0.1, 0.15) is 96.9 Å². The first-order valence-corrected chi connectivity index (χ1v) is 25.5. The fourth-order valence-electron chi connectivity index (χ4n) is 8.83. The van der Waals surface area contributed by atoms with E-state index in [2.05, 4.69) is 24.3 Å². The van der Waals surface area contributed by atoms with Gasteiger partial charge < -0.3 is 0 Å². The Morgan fingerprint density at radius 1 is 0.409 bits per heavy atom. The normalized spacial score (nSPS) is 16.7. The number of nitrogens with zero attached hydrogens (tertiary/aromatic N) is 4. The van der Waals surface area contributed by atoms with Crippen LogP contribution in [0.4, 0.5) is 0 Å². The lowest BCUT2D eigenvalue weighted by atomic mass is 9.96. The number of benzene rings is 4. The number of hydrogen-bond acceptors (Lipinski definition) is 9. The summed E-state index contributed by atoms with van der Waals surface area (Å²) in [5.74, 6) is -3.45. The van der Waals surface area contributed by atoms with Crippen LogP contribution >= 0.6 is 15.8 Å². The highest BCUT2D eigenvalue weighted by Gasteiger charge is 2.38. The third-order valence-corrected chi connectivity index (χ3v) is 17.8. The van der Waals surface area contributed by atoms with Crippen molar-refractivity contribution in [2.24, 2.45) is 0 Å². The molecule has 4 heterocycles. The van der Waals surface area contributed by atoms with Crippen molar-refractivity contribution < 1.29 is 43.2 Å². The van der Waals surface area contributed by atoms with E-state index in [1.807, 2.05) is 36.4 Å². The summed E-state index contributed by atoms with van der Waals surface area (Å²) in [6.07, 6.45) is 7.99. The van der Waals surface area contributed by atoms with Crippen molar-refractivity contribution in [3.63, 3.8) is 0 Å². The molecule has 4 aromatic rings. The Labute approximate surface area is 385 Å². The van der Waals surface area contributed by atoms with Crippen LogP contribution in [0, 0.1) is 0 Å². The van der Waals surface area contributed by atoms with Crippen molar-refractivity contribution in [1.82, 2.24) is 19.6 Å². The van der Waals surface area contributed by atoms with Gasteiger partial charge in [0.25, 0.3) is 47.3 Å². The molecule has 0 spiro atoms. The molecule has 2 unspecified atom stereocenters. The topological polar surface area (TPSA) is 167 Å². The summed E-state index contributed by atoms with van der Waals surface area (Å²) in [5, 5.41) is 2.30. The Morgan fingerprint density at radius 3 is 1.08 bits per heavy atom. The highest BCUT2D eigenvalue weighted by molar-refractivity contribution is 7.65. The van der Waals surface area contributed by atoms with Crippen molar-refractivity contribution >= 4 is 79.5 Å². The third kappa shape index (κ3) is 9.41. The molecule has 66 heavy (non-hydrogen) atoms. The summed E-state index contributed by atoms with van der Waals surface area (Å²) in [6, 6.07) is 28.7. The predicted molar refractivity (Wildman–Crippen MR) is 252 cm³/mol. The summed E-state index contributed by atoms with van der Waals surface area (Å²) in [4.78, 5) is 123. The second-order valence-electron chi connectivity index (χ2n) is 16.7. The summed E-state index contributed by atoms with van der Waals surface area (Å²) in [7, 11) is -1.45. The molecule has 0 saturated heterocycles. The van der Waals surface area contributed by atoms with Crippen molar-refractivity contribution in [3.8, 4) is 0 Å². The van der Waals surface area contributed by atoms with Gasteiger partial charge in [-0.3, -0.25) is 62.8 Å². The molecule has 0 radical (unpaired) electrons. The Morgan fingerprint density at radius 2 is 0.742 bits per heavy atom. The highest BCUT2D eigenvalue weighted by Crippen LogP contribution is 2.38. The second kappa shape index (κ2) is 19.9. The molecule has 8 amide bonds. The lowest BCUT2D eigenvalue weighted by Gasteiger charge is -2.21. The van der Waals surface area contributed by atoms with Crippen LogP contribution in [-0.4, -0.2) is 123 Å². The molecular weight excluding hydrogens is 875 g/mol. The maximum atomic E-state index is 13.9. The van der Waals surface area contributed by atoms with Gasteiger partial charge in [0.2, 0.25) is 0 Å². The molecule has 0 fully saturated rings.